The second-order valence-corrected chi connectivity index (χ2v) is 8.72. The lowest BCUT2D eigenvalue weighted by atomic mass is 9.93. The zero-order valence-electron chi connectivity index (χ0n) is 16.8. The Bertz CT molecular complexity index is 900. The average molecular weight is 392 g/mol. The third-order valence-corrected chi connectivity index (χ3v) is 7.06. The third-order valence-electron chi connectivity index (χ3n) is 7.06. The van der Waals surface area contributed by atoms with E-state index in [1.54, 1.807) is 0 Å². The molecule has 0 saturated carbocycles. The van der Waals surface area contributed by atoms with Gasteiger partial charge in [0.05, 0.1) is 0 Å². The van der Waals surface area contributed by atoms with E-state index in [9.17, 15) is 9.59 Å². The number of carbonyl (C=O) groups excluding carboxylic acids is 2. The monoisotopic (exact) mass is 391 g/mol. The van der Waals surface area contributed by atoms with Gasteiger partial charge in [0.2, 0.25) is 5.91 Å². The molecular weight excluding hydrogens is 362 g/mol. The van der Waals surface area contributed by atoms with E-state index in [4.69, 9.17) is 0 Å². The van der Waals surface area contributed by atoms with Gasteiger partial charge < -0.3 is 15.1 Å². The maximum absolute atomic E-state index is 13.3. The number of benzene rings is 2. The van der Waals surface area contributed by atoms with E-state index in [0.29, 0.717) is 31.1 Å². The zero-order chi connectivity index (χ0) is 19.8. The van der Waals surface area contributed by atoms with E-state index in [2.05, 4.69) is 10.2 Å². The van der Waals surface area contributed by atoms with Crippen LogP contribution in [0.5, 0.6) is 0 Å². The second kappa shape index (κ2) is 7.79. The first kappa shape index (κ1) is 18.6. The van der Waals surface area contributed by atoms with Gasteiger partial charge in [0.15, 0.2) is 0 Å². The number of amides is 2. The van der Waals surface area contributed by atoms with Crippen molar-refractivity contribution in [2.75, 3.05) is 26.2 Å². The summed E-state index contributed by atoms with van der Waals surface area (Å²) in [6, 6.07) is 14.7. The first-order valence-electron chi connectivity index (χ1n) is 11.0. The molecule has 29 heavy (non-hydrogen) atoms. The van der Waals surface area contributed by atoms with Crippen molar-refractivity contribution in [3.8, 4) is 0 Å². The minimum absolute atomic E-state index is 0.0627. The molecule has 3 aliphatic heterocycles. The van der Waals surface area contributed by atoms with Gasteiger partial charge in [-0.1, -0.05) is 36.4 Å². The maximum Gasteiger partial charge on any atom is 0.254 e. The molecule has 5 heteroatoms. The number of nitrogens with zero attached hydrogens (tertiary/aromatic N) is 2. The van der Waals surface area contributed by atoms with Crippen LogP contribution in [-0.2, 0) is 4.79 Å². The van der Waals surface area contributed by atoms with Crippen molar-refractivity contribution in [1.29, 1.82) is 0 Å². The Kier molecular flexibility index (Phi) is 5.00. The number of rotatable bonds is 2. The smallest absolute Gasteiger partial charge is 0.254 e. The van der Waals surface area contributed by atoms with Crippen molar-refractivity contribution in [2.45, 2.75) is 44.2 Å². The van der Waals surface area contributed by atoms with Crippen molar-refractivity contribution in [1.82, 2.24) is 15.1 Å². The van der Waals surface area contributed by atoms with Gasteiger partial charge in [-0.05, 0) is 55.5 Å². The molecule has 2 aromatic rings. The fourth-order valence-electron chi connectivity index (χ4n) is 5.46. The Hall–Kier alpha value is -2.40. The molecule has 3 saturated heterocycles. The van der Waals surface area contributed by atoms with Crippen LogP contribution >= 0.6 is 0 Å². The Morgan fingerprint density at radius 2 is 1.62 bits per heavy atom. The molecule has 3 fully saturated rings. The fourth-order valence-corrected chi connectivity index (χ4v) is 5.46. The number of piperidine rings is 1. The van der Waals surface area contributed by atoms with Crippen LogP contribution in [0.2, 0.25) is 0 Å². The molecule has 152 valence electrons. The van der Waals surface area contributed by atoms with E-state index in [1.165, 1.54) is 0 Å². The highest BCUT2D eigenvalue weighted by molar-refractivity contribution is 6.07. The van der Waals surface area contributed by atoms with Crippen molar-refractivity contribution in [3.63, 3.8) is 0 Å². The molecule has 5 nitrogen and oxygen atoms in total. The Morgan fingerprint density at radius 3 is 2.48 bits per heavy atom. The van der Waals surface area contributed by atoms with Gasteiger partial charge in [0.1, 0.15) is 0 Å². The van der Waals surface area contributed by atoms with Crippen LogP contribution in [0.15, 0.2) is 42.5 Å². The highest BCUT2D eigenvalue weighted by Crippen LogP contribution is 2.32. The van der Waals surface area contributed by atoms with Crippen LogP contribution in [0.3, 0.4) is 0 Å². The molecule has 0 radical (unpaired) electrons. The molecule has 2 atom stereocenters. The molecule has 2 amide bonds. The van der Waals surface area contributed by atoms with Gasteiger partial charge >= 0.3 is 0 Å². The molecule has 0 aliphatic carbocycles. The summed E-state index contributed by atoms with van der Waals surface area (Å²) in [5.74, 6) is 0.484. The van der Waals surface area contributed by atoms with E-state index in [0.717, 1.165) is 61.5 Å². The minimum atomic E-state index is 0.0627. The summed E-state index contributed by atoms with van der Waals surface area (Å²) in [7, 11) is 0. The Labute approximate surface area is 172 Å². The molecular formula is C24H29N3O2. The molecule has 0 aromatic heterocycles. The number of nitrogens with one attached hydrogen (secondary N) is 1. The normalized spacial score (nSPS) is 25.2. The van der Waals surface area contributed by atoms with Crippen LogP contribution in [0.1, 0.15) is 42.5 Å². The first-order chi connectivity index (χ1) is 14.2. The fraction of sp³-hybridized carbons (Fsp3) is 0.500. The molecule has 2 bridgehead atoms. The summed E-state index contributed by atoms with van der Waals surface area (Å²) >= 11 is 0. The number of hydrogen-bond acceptors (Lipinski definition) is 3. The van der Waals surface area contributed by atoms with E-state index >= 15 is 0 Å². The summed E-state index contributed by atoms with van der Waals surface area (Å²) < 4.78 is 0. The van der Waals surface area contributed by atoms with Crippen LogP contribution < -0.4 is 5.32 Å². The molecule has 2 aromatic carbocycles. The van der Waals surface area contributed by atoms with Crippen molar-refractivity contribution in [2.24, 2.45) is 5.92 Å². The number of fused-ring (bicyclic) bond motifs is 3. The number of likely N-dealkylation sites (tertiary alicyclic amines) is 1. The van der Waals surface area contributed by atoms with Crippen LogP contribution in [-0.4, -0.2) is 59.9 Å². The molecule has 1 N–H and O–H groups in total. The van der Waals surface area contributed by atoms with Gasteiger partial charge in [-0.15, -0.1) is 0 Å². The van der Waals surface area contributed by atoms with Crippen molar-refractivity contribution < 1.29 is 9.59 Å². The standard InChI is InChI=1S/C24H29N3O2/c28-23(27-19-8-9-20(27)16-25-13-10-19)18-11-14-26(15-12-18)24(29)22-7-3-5-17-4-1-2-6-21(17)22/h1-7,18-20,25H,8-16H2. The van der Waals surface area contributed by atoms with Crippen LogP contribution in [0.25, 0.3) is 10.8 Å². The molecule has 5 rings (SSSR count). The Balaban J connectivity index is 1.27. The average Bonchev–Trinajstić information content (AvgIpc) is 3.04. The molecule has 3 heterocycles. The topological polar surface area (TPSA) is 52.7 Å². The predicted molar refractivity (Wildman–Crippen MR) is 114 cm³/mol. The lowest BCUT2D eigenvalue weighted by Crippen LogP contribution is -2.48. The predicted octanol–water partition coefficient (Wildman–Crippen LogP) is 3.04. The summed E-state index contributed by atoms with van der Waals surface area (Å²) in [6.45, 7) is 3.28. The molecule has 2 unspecified atom stereocenters. The number of hydrogen-bond donors (Lipinski definition) is 1. The van der Waals surface area contributed by atoms with Crippen molar-refractivity contribution >= 4 is 22.6 Å². The lowest BCUT2D eigenvalue weighted by Gasteiger charge is -2.36. The highest BCUT2D eigenvalue weighted by Gasteiger charge is 2.41. The van der Waals surface area contributed by atoms with Crippen LogP contribution in [0.4, 0.5) is 0 Å². The van der Waals surface area contributed by atoms with E-state index < -0.39 is 0 Å². The first-order valence-corrected chi connectivity index (χ1v) is 11.0. The van der Waals surface area contributed by atoms with Crippen LogP contribution in [0, 0.1) is 5.92 Å². The van der Waals surface area contributed by atoms with E-state index in [1.807, 2.05) is 47.4 Å². The summed E-state index contributed by atoms with van der Waals surface area (Å²) in [4.78, 5) is 30.6. The largest absolute Gasteiger partial charge is 0.339 e. The van der Waals surface area contributed by atoms with E-state index in [-0.39, 0.29) is 11.8 Å². The summed E-state index contributed by atoms with van der Waals surface area (Å²) in [6.07, 6.45) is 4.90. The summed E-state index contributed by atoms with van der Waals surface area (Å²) in [5.41, 5.74) is 0.768. The van der Waals surface area contributed by atoms with Gasteiger partial charge in [-0.25, -0.2) is 0 Å². The minimum Gasteiger partial charge on any atom is -0.339 e. The van der Waals surface area contributed by atoms with Gasteiger partial charge in [-0.3, -0.25) is 9.59 Å². The second-order valence-electron chi connectivity index (χ2n) is 8.72. The number of carbonyl (C=O) groups is 2. The quantitative estimate of drug-likeness (QED) is 0.856. The van der Waals surface area contributed by atoms with Gasteiger partial charge in [0, 0.05) is 43.2 Å². The molecule has 3 aliphatic rings. The van der Waals surface area contributed by atoms with Crippen molar-refractivity contribution in [3.05, 3.63) is 48.0 Å². The Morgan fingerprint density at radius 1 is 0.862 bits per heavy atom. The lowest BCUT2D eigenvalue weighted by molar-refractivity contribution is -0.139. The zero-order valence-corrected chi connectivity index (χ0v) is 16.8. The third kappa shape index (κ3) is 3.42. The van der Waals surface area contributed by atoms with Gasteiger partial charge in [0.25, 0.3) is 5.91 Å². The molecule has 0 spiro atoms. The SMILES string of the molecule is O=C(c1cccc2ccccc12)N1CCC(C(=O)N2C3CCNCC2CC3)CC1. The maximum atomic E-state index is 13.3. The summed E-state index contributed by atoms with van der Waals surface area (Å²) in [5, 5.41) is 5.57. The van der Waals surface area contributed by atoms with Gasteiger partial charge in [-0.2, -0.15) is 0 Å². The highest BCUT2D eigenvalue weighted by atomic mass is 16.2.